The largest absolute Gasteiger partial charge is 0.412 e. The highest BCUT2D eigenvalue weighted by molar-refractivity contribution is 6.18. The highest BCUT2D eigenvalue weighted by Gasteiger charge is 2.14. The molecule has 2 rings (SSSR count). The summed E-state index contributed by atoms with van der Waals surface area (Å²) >= 11 is 5.48. The minimum absolute atomic E-state index is 0. The molecule has 0 aliphatic carbocycles. The van der Waals surface area contributed by atoms with E-state index in [2.05, 4.69) is 15.6 Å². The number of alkyl halides is 1. The van der Waals surface area contributed by atoms with Gasteiger partial charge in [0.05, 0.1) is 29.4 Å². The number of nitrogens with one attached hydrogen (secondary N) is 1. The molecule has 8 nitrogen and oxygen atoms in total. The average molecular weight is 350 g/mol. The van der Waals surface area contributed by atoms with Gasteiger partial charge in [-0.15, -0.1) is 28.9 Å². The third-order valence-corrected chi connectivity index (χ3v) is 3.08. The van der Waals surface area contributed by atoms with E-state index in [0.29, 0.717) is 5.82 Å². The van der Waals surface area contributed by atoms with Crippen LogP contribution in [0.4, 0.5) is 4.79 Å². The summed E-state index contributed by atoms with van der Waals surface area (Å²) in [4.78, 5) is 26.6. The molecule has 1 aromatic carbocycles. The summed E-state index contributed by atoms with van der Waals surface area (Å²) < 4.78 is 1.88. The van der Waals surface area contributed by atoms with Gasteiger partial charge in [0.25, 0.3) is 0 Å². The second-order valence-corrected chi connectivity index (χ2v) is 4.51. The normalized spacial score (nSPS) is 9.55. The van der Waals surface area contributed by atoms with E-state index in [0.717, 1.165) is 16.0 Å². The second kappa shape index (κ2) is 9.19. The van der Waals surface area contributed by atoms with Crippen molar-refractivity contribution < 1.29 is 10.3 Å². The lowest BCUT2D eigenvalue weighted by Gasteiger charge is -2.12. The van der Waals surface area contributed by atoms with Gasteiger partial charge in [-0.25, -0.2) is 9.78 Å². The molecule has 22 heavy (non-hydrogen) atoms. The maximum Gasteiger partial charge on any atom is 0.340 e. The Morgan fingerprint density at radius 3 is 2.73 bits per heavy atom. The zero-order chi connectivity index (χ0) is 14.5. The smallest absolute Gasteiger partial charge is 0.340 e. The van der Waals surface area contributed by atoms with Crippen LogP contribution in [0.15, 0.2) is 29.6 Å². The number of halogens is 2. The molecule has 0 unspecified atom stereocenters. The van der Waals surface area contributed by atoms with Crippen molar-refractivity contribution in [1.29, 1.82) is 0 Å². The van der Waals surface area contributed by atoms with E-state index in [1.54, 1.807) is 0 Å². The molecule has 2 amide bonds. The van der Waals surface area contributed by atoms with Gasteiger partial charge in [-0.2, -0.15) is 5.01 Å². The third-order valence-electron chi connectivity index (χ3n) is 2.91. The Hall–Kier alpha value is -1.90. The number of hydrogen-bond acceptors (Lipinski definition) is 4. The number of nitroso groups, excluding NO2 is 1. The number of urea groups is 1. The molecule has 10 heteroatoms. The fraction of sp³-hybridized carbons (Fsp3) is 0.333. The number of aromatic nitrogens is 2. The zero-order valence-corrected chi connectivity index (χ0v) is 13.4. The predicted molar refractivity (Wildman–Crippen MR) is 87.0 cm³/mol. The first kappa shape index (κ1) is 20.1. The summed E-state index contributed by atoms with van der Waals surface area (Å²) in [7, 11) is 1.87. The quantitative estimate of drug-likeness (QED) is 0.502. The fourth-order valence-electron chi connectivity index (χ4n) is 1.86. The van der Waals surface area contributed by atoms with E-state index in [-0.39, 0.29) is 36.9 Å². The Morgan fingerprint density at radius 1 is 1.45 bits per heavy atom. The van der Waals surface area contributed by atoms with Crippen LogP contribution >= 0.6 is 24.0 Å². The lowest BCUT2D eigenvalue weighted by atomic mass is 10.3. The van der Waals surface area contributed by atoms with Gasteiger partial charge in [0.15, 0.2) is 0 Å². The van der Waals surface area contributed by atoms with Crippen LogP contribution in [-0.2, 0) is 13.6 Å². The van der Waals surface area contributed by atoms with E-state index in [1.165, 1.54) is 0 Å². The lowest BCUT2D eigenvalue weighted by molar-refractivity contribution is 0.201. The molecule has 0 atom stereocenters. The number of amides is 2. The Balaban J connectivity index is 0.00000220. The molecular weight excluding hydrogens is 333 g/mol. The minimum Gasteiger partial charge on any atom is -0.412 e. The number of carbonyl (C=O) groups is 1. The van der Waals surface area contributed by atoms with Crippen molar-refractivity contribution in [2.75, 3.05) is 12.4 Å². The van der Waals surface area contributed by atoms with E-state index in [9.17, 15) is 9.70 Å². The van der Waals surface area contributed by atoms with Gasteiger partial charge in [-0.1, -0.05) is 12.1 Å². The first-order chi connectivity index (χ1) is 9.67. The number of rotatable bonds is 5. The summed E-state index contributed by atoms with van der Waals surface area (Å²) in [5.74, 6) is 0.835. The number of carbonyl (C=O) groups excluding carboxylic acids is 1. The van der Waals surface area contributed by atoms with Crippen LogP contribution in [0.2, 0.25) is 0 Å². The molecule has 3 N–H and O–H groups in total. The Bertz CT molecular complexity index is 634. The topological polar surface area (TPSA) is 111 Å². The number of imidazole rings is 1. The fourth-order valence-corrected chi connectivity index (χ4v) is 2.02. The molecule has 1 heterocycles. The molecule has 2 aromatic rings. The highest BCUT2D eigenvalue weighted by atomic mass is 35.5. The van der Waals surface area contributed by atoms with Crippen LogP contribution in [0.25, 0.3) is 11.0 Å². The molecule has 0 saturated carbocycles. The van der Waals surface area contributed by atoms with E-state index in [1.807, 2.05) is 35.9 Å². The third kappa shape index (κ3) is 4.30. The summed E-state index contributed by atoms with van der Waals surface area (Å²) in [6, 6.07) is 7.07. The van der Waals surface area contributed by atoms with Crippen molar-refractivity contribution >= 4 is 41.1 Å². The van der Waals surface area contributed by atoms with E-state index in [4.69, 9.17) is 11.6 Å². The maximum atomic E-state index is 11.7. The molecule has 122 valence electrons. The van der Waals surface area contributed by atoms with Crippen LogP contribution in [0.5, 0.6) is 0 Å². The lowest BCUT2D eigenvalue weighted by Crippen LogP contribution is -2.37. The summed E-state index contributed by atoms with van der Waals surface area (Å²) in [5.41, 5.74) is 1.83. The Kier molecular flexibility index (Phi) is 8.39. The Labute approximate surface area is 138 Å². The van der Waals surface area contributed by atoms with Crippen molar-refractivity contribution in [3.05, 3.63) is 35.0 Å². The van der Waals surface area contributed by atoms with Crippen molar-refractivity contribution in [2.45, 2.75) is 6.54 Å². The van der Waals surface area contributed by atoms with Crippen molar-refractivity contribution in [2.24, 2.45) is 12.3 Å². The van der Waals surface area contributed by atoms with Crippen molar-refractivity contribution in [3.63, 3.8) is 0 Å². The van der Waals surface area contributed by atoms with Gasteiger partial charge in [0.2, 0.25) is 0 Å². The van der Waals surface area contributed by atoms with Crippen molar-refractivity contribution in [1.82, 2.24) is 19.9 Å². The van der Waals surface area contributed by atoms with Crippen LogP contribution in [0.1, 0.15) is 5.82 Å². The molecule has 0 fully saturated rings. The first-order valence-electron chi connectivity index (χ1n) is 6.02. The molecular formula is C12H17Cl2N5O3. The number of nitrogens with zero attached hydrogens (tertiary/aromatic N) is 4. The van der Waals surface area contributed by atoms with E-state index < -0.39 is 6.03 Å². The molecule has 0 aliphatic heterocycles. The van der Waals surface area contributed by atoms with Gasteiger partial charge >= 0.3 is 6.03 Å². The standard InChI is InChI=1S/C12H14ClN5O2.ClH.H2O/c1-17-10-5-3-2-4-9(10)15-11(17)8-14-12(19)18(16-20)7-6-13;;/h2-5H,6-8H2,1H3,(H,14,19);1H;1H2. The van der Waals surface area contributed by atoms with Gasteiger partial charge in [-0.05, 0) is 12.1 Å². The van der Waals surface area contributed by atoms with Crippen LogP contribution in [-0.4, -0.2) is 38.5 Å². The number of hydrogen-bond donors (Lipinski definition) is 1. The molecule has 0 saturated heterocycles. The molecule has 0 bridgehead atoms. The summed E-state index contributed by atoms with van der Waals surface area (Å²) in [5, 5.41) is 5.95. The minimum atomic E-state index is -0.590. The molecule has 1 aromatic heterocycles. The Morgan fingerprint density at radius 2 is 2.14 bits per heavy atom. The number of benzene rings is 1. The zero-order valence-electron chi connectivity index (χ0n) is 11.8. The monoisotopic (exact) mass is 349 g/mol. The van der Waals surface area contributed by atoms with Gasteiger partial charge in [0.1, 0.15) is 5.82 Å². The van der Waals surface area contributed by atoms with Gasteiger partial charge in [-0.3, -0.25) is 0 Å². The van der Waals surface area contributed by atoms with E-state index >= 15 is 0 Å². The van der Waals surface area contributed by atoms with Crippen LogP contribution in [0, 0.1) is 4.91 Å². The van der Waals surface area contributed by atoms with Crippen LogP contribution < -0.4 is 5.32 Å². The highest BCUT2D eigenvalue weighted by Crippen LogP contribution is 2.13. The molecule has 0 radical (unpaired) electrons. The maximum absolute atomic E-state index is 11.7. The predicted octanol–water partition coefficient (Wildman–Crippen LogP) is 1.60. The van der Waals surface area contributed by atoms with Crippen LogP contribution in [0.3, 0.4) is 0 Å². The first-order valence-corrected chi connectivity index (χ1v) is 6.55. The molecule has 0 aliphatic rings. The summed E-state index contributed by atoms with van der Waals surface area (Å²) in [6.45, 7) is 0.276. The SMILES string of the molecule is Cl.Cn1c(CNC(=O)N(CCCl)N=O)nc2ccccc21.O. The van der Waals surface area contributed by atoms with Crippen molar-refractivity contribution in [3.8, 4) is 0 Å². The second-order valence-electron chi connectivity index (χ2n) is 4.13. The molecule has 0 spiro atoms. The number of fused-ring (bicyclic) bond motifs is 1. The number of para-hydroxylation sites is 2. The summed E-state index contributed by atoms with van der Waals surface area (Å²) in [6.07, 6.45) is 0. The number of aryl methyl sites for hydroxylation is 1. The average Bonchev–Trinajstić information content (AvgIpc) is 2.79. The van der Waals surface area contributed by atoms with Gasteiger partial charge in [0, 0.05) is 12.9 Å². The van der Waals surface area contributed by atoms with Gasteiger partial charge < -0.3 is 15.4 Å².